The molecule has 0 bridgehead atoms. The lowest BCUT2D eigenvalue weighted by Crippen LogP contribution is -2.41. The second-order valence-corrected chi connectivity index (χ2v) is 5.52. The van der Waals surface area contributed by atoms with Crippen molar-refractivity contribution in [2.45, 2.75) is 40.2 Å². The normalized spacial score (nSPS) is 11.9. The zero-order chi connectivity index (χ0) is 17.9. The van der Waals surface area contributed by atoms with Gasteiger partial charge < -0.3 is 15.1 Å². The van der Waals surface area contributed by atoms with E-state index in [1.165, 1.54) is 18.2 Å². The smallest absolute Gasteiger partial charge is 0.289 e. The van der Waals surface area contributed by atoms with Crippen LogP contribution in [0.15, 0.2) is 22.6 Å². The molecule has 0 spiro atoms. The number of rotatable bonds is 5. The van der Waals surface area contributed by atoms with Gasteiger partial charge in [-0.2, -0.15) is 0 Å². The van der Waals surface area contributed by atoms with Crippen molar-refractivity contribution < 1.29 is 18.4 Å². The van der Waals surface area contributed by atoms with Crippen molar-refractivity contribution in [3.63, 3.8) is 0 Å². The standard InChI is InChI=1S/C17H20FN3O3/c1-5-14-19-10(3)15(24-14)17(23)20-11(4)16(22)21-13-7-6-12(18)8-9(13)2/h6-8,11H,5H2,1-4H3,(H,20,23)(H,21,22)/t11-/m0/s1. The molecule has 0 aliphatic carbocycles. The fourth-order valence-corrected chi connectivity index (χ4v) is 2.15. The van der Waals surface area contributed by atoms with Gasteiger partial charge in [0.2, 0.25) is 11.7 Å². The van der Waals surface area contributed by atoms with Crippen LogP contribution in [-0.2, 0) is 11.2 Å². The molecular formula is C17H20FN3O3. The summed E-state index contributed by atoms with van der Waals surface area (Å²) in [6, 6.07) is 3.26. The molecule has 6 nitrogen and oxygen atoms in total. The molecule has 1 heterocycles. The maximum atomic E-state index is 13.1. The number of carbonyl (C=O) groups is 2. The average molecular weight is 333 g/mol. The van der Waals surface area contributed by atoms with Crippen LogP contribution < -0.4 is 10.6 Å². The molecule has 2 N–H and O–H groups in total. The number of anilines is 1. The van der Waals surface area contributed by atoms with Gasteiger partial charge in [0.15, 0.2) is 5.89 Å². The maximum absolute atomic E-state index is 13.1. The predicted octanol–water partition coefficient (Wildman–Crippen LogP) is 2.75. The van der Waals surface area contributed by atoms with Gasteiger partial charge in [0.25, 0.3) is 5.91 Å². The van der Waals surface area contributed by atoms with Gasteiger partial charge in [0, 0.05) is 12.1 Å². The highest BCUT2D eigenvalue weighted by atomic mass is 19.1. The lowest BCUT2D eigenvalue weighted by Gasteiger charge is -2.14. The van der Waals surface area contributed by atoms with Crippen molar-refractivity contribution in [2.24, 2.45) is 0 Å². The second kappa shape index (κ2) is 7.25. The zero-order valence-electron chi connectivity index (χ0n) is 14.1. The fourth-order valence-electron chi connectivity index (χ4n) is 2.15. The van der Waals surface area contributed by atoms with E-state index in [4.69, 9.17) is 4.42 Å². The molecule has 0 saturated heterocycles. The molecular weight excluding hydrogens is 313 g/mol. The molecule has 128 valence electrons. The van der Waals surface area contributed by atoms with Crippen molar-refractivity contribution in [1.82, 2.24) is 10.3 Å². The Bertz CT molecular complexity index is 770. The van der Waals surface area contributed by atoms with E-state index in [2.05, 4.69) is 15.6 Å². The maximum Gasteiger partial charge on any atom is 0.289 e. The number of hydrogen-bond acceptors (Lipinski definition) is 4. The lowest BCUT2D eigenvalue weighted by atomic mass is 10.2. The quantitative estimate of drug-likeness (QED) is 0.881. The number of halogens is 1. The van der Waals surface area contributed by atoms with Crippen LogP contribution >= 0.6 is 0 Å². The van der Waals surface area contributed by atoms with Crippen molar-refractivity contribution in [3.05, 3.63) is 46.9 Å². The molecule has 0 fully saturated rings. The van der Waals surface area contributed by atoms with E-state index in [0.29, 0.717) is 29.3 Å². The van der Waals surface area contributed by atoms with Gasteiger partial charge in [0.05, 0.1) is 5.69 Å². The molecule has 0 saturated carbocycles. The van der Waals surface area contributed by atoms with Crippen LogP contribution in [0, 0.1) is 19.7 Å². The number of amides is 2. The molecule has 0 aliphatic heterocycles. The Hall–Kier alpha value is -2.70. The molecule has 1 aromatic carbocycles. The summed E-state index contributed by atoms with van der Waals surface area (Å²) in [5, 5.41) is 5.22. The molecule has 2 aromatic rings. The first-order valence-electron chi connectivity index (χ1n) is 7.66. The Morgan fingerprint density at radius 2 is 2.04 bits per heavy atom. The van der Waals surface area contributed by atoms with Gasteiger partial charge >= 0.3 is 0 Å². The predicted molar refractivity (Wildman–Crippen MR) is 87.3 cm³/mol. The van der Waals surface area contributed by atoms with Crippen molar-refractivity contribution in [3.8, 4) is 0 Å². The van der Waals surface area contributed by atoms with E-state index in [9.17, 15) is 14.0 Å². The summed E-state index contributed by atoms with van der Waals surface area (Å²) >= 11 is 0. The van der Waals surface area contributed by atoms with E-state index < -0.39 is 17.9 Å². The number of benzene rings is 1. The van der Waals surface area contributed by atoms with Gasteiger partial charge in [-0.15, -0.1) is 0 Å². The number of hydrogen-bond donors (Lipinski definition) is 2. The third kappa shape index (κ3) is 3.98. The van der Waals surface area contributed by atoms with Gasteiger partial charge in [-0.1, -0.05) is 6.92 Å². The van der Waals surface area contributed by atoms with E-state index in [0.717, 1.165) is 0 Å². The van der Waals surface area contributed by atoms with Crippen molar-refractivity contribution in [1.29, 1.82) is 0 Å². The van der Waals surface area contributed by atoms with E-state index >= 15 is 0 Å². The second-order valence-electron chi connectivity index (χ2n) is 5.52. The van der Waals surface area contributed by atoms with Crippen LogP contribution in [0.5, 0.6) is 0 Å². The zero-order valence-corrected chi connectivity index (χ0v) is 14.1. The summed E-state index contributed by atoms with van der Waals surface area (Å²) in [6.45, 7) is 6.78. The first-order chi connectivity index (χ1) is 11.3. The highest BCUT2D eigenvalue weighted by Crippen LogP contribution is 2.16. The molecule has 0 unspecified atom stereocenters. The van der Waals surface area contributed by atoms with Crippen molar-refractivity contribution >= 4 is 17.5 Å². The topological polar surface area (TPSA) is 84.2 Å². The molecule has 2 amide bonds. The lowest BCUT2D eigenvalue weighted by molar-refractivity contribution is -0.117. The number of nitrogens with one attached hydrogen (secondary N) is 2. The number of aryl methyl sites for hydroxylation is 3. The highest BCUT2D eigenvalue weighted by molar-refractivity contribution is 6.00. The Balaban J connectivity index is 2.02. The minimum Gasteiger partial charge on any atom is -0.435 e. The summed E-state index contributed by atoms with van der Waals surface area (Å²) in [7, 11) is 0. The molecule has 24 heavy (non-hydrogen) atoms. The Morgan fingerprint density at radius 1 is 1.33 bits per heavy atom. The van der Waals surface area contributed by atoms with Crippen LogP contribution in [0.25, 0.3) is 0 Å². The molecule has 2 rings (SSSR count). The first kappa shape index (κ1) is 17.7. The summed E-state index contributed by atoms with van der Waals surface area (Å²) in [5.41, 5.74) is 1.57. The summed E-state index contributed by atoms with van der Waals surface area (Å²) < 4.78 is 18.4. The Labute approximate surface area is 139 Å². The van der Waals surface area contributed by atoms with Crippen LogP contribution in [0.3, 0.4) is 0 Å². The molecule has 0 aliphatic rings. The summed E-state index contributed by atoms with van der Waals surface area (Å²) in [6.07, 6.45) is 0.577. The van der Waals surface area contributed by atoms with E-state index in [1.54, 1.807) is 20.8 Å². The monoisotopic (exact) mass is 333 g/mol. The summed E-state index contributed by atoms with van der Waals surface area (Å²) in [4.78, 5) is 28.5. The average Bonchev–Trinajstić information content (AvgIpc) is 2.91. The minimum absolute atomic E-state index is 0.101. The van der Waals surface area contributed by atoms with E-state index in [-0.39, 0.29) is 11.6 Å². The number of oxazole rings is 1. The van der Waals surface area contributed by atoms with Gasteiger partial charge in [-0.3, -0.25) is 9.59 Å². The van der Waals surface area contributed by atoms with Gasteiger partial charge in [0.1, 0.15) is 11.9 Å². The number of nitrogens with zero attached hydrogens (tertiary/aromatic N) is 1. The minimum atomic E-state index is -0.795. The van der Waals surface area contributed by atoms with Crippen molar-refractivity contribution in [2.75, 3.05) is 5.32 Å². The van der Waals surface area contributed by atoms with Crippen LogP contribution in [-0.4, -0.2) is 22.8 Å². The first-order valence-corrected chi connectivity index (χ1v) is 7.66. The largest absolute Gasteiger partial charge is 0.435 e. The molecule has 1 aromatic heterocycles. The number of aromatic nitrogens is 1. The van der Waals surface area contributed by atoms with E-state index in [1.807, 2.05) is 6.92 Å². The Morgan fingerprint density at radius 3 is 2.62 bits per heavy atom. The highest BCUT2D eigenvalue weighted by Gasteiger charge is 2.22. The third-order valence-electron chi connectivity index (χ3n) is 3.54. The SMILES string of the molecule is CCc1nc(C)c(C(=O)N[C@@H](C)C(=O)Nc2ccc(F)cc2C)o1. The fraction of sp³-hybridized carbons (Fsp3) is 0.353. The third-order valence-corrected chi connectivity index (χ3v) is 3.54. The number of carbonyl (C=O) groups excluding carboxylic acids is 2. The molecule has 1 atom stereocenters. The van der Waals surface area contributed by atoms with Crippen LogP contribution in [0.2, 0.25) is 0 Å². The van der Waals surface area contributed by atoms with Crippen LogP contribution in [0.1, 0.15) is 41.6 Å². The van der Waals surface area contributed by atoms with Crippen LogP contribution in [0.4, 0.5) is 10.1 Å². The summed E-state index contributed by atoms with van der Waals surface area (Å²) in [5.74, 6) is -0.718. The van der Waals surface area contributed by atoms with Gasteiger partial charge in [-0.25, -0.2) is 9.37 Å². The Kier molecular flexibility index (Phi) is 5.33. The molecule has 7 heteroatoms. The van der Waals surface area contributed by atoms with Gasteiger partial charge in [-0.05, 0) is 44.5 Å². The molecule has 0 radical (unpaired) electrons.